The zero-order chi connectivity index (χ0) is 44.0. The van der Waals surface area contributed by atoms with Crippen LogP contribution < -0.4 is 5.73 Å². The molecule has 0 aliphatic carbocycles. The first-order valence-corrected chi connectivity index (χ1v) is 25.4. The summed E-state index contributed by atoms with van der Waals surface area (Å²) in [7, 11) is -4.78. The molecule has 5 atom stereocenters. The van der Waals surface area contributed by atoms with Crippen LogP contribution in [0.15, 0.2) is 12.7 Å². The molecule has 2 unspecified atom stereocenters. The van der Waals surface area contributed by atoms with Gasteiger partial charge in [-0.2, -0.15) is 0 Å². The maximum Gasteiger partial charge on any atom is 0.472 e. The van der Waals surface area contributed by atoms with E-state index < -0.39 is 57.5 Å². The Kier molecular flexibility index (Phi) is 27.7. The van der Waals surface area contributed by atoms with E-state index in [1.807, 2.05) is 0 Å². The Morgan fingerprint density at radius 1 is 0.754 bits per heavy atom. The normalized spacial score (nSPS) is 18.1. The van der Waals surface area contributed by atoms with E-state index in [4.69, 9.17) is 29.0 Å². The number of aliphatic hydroxyl groups is 1. The summed E-state index contributed by atoms with van der Waals surface area (Å²) in [4.78, 5) is 48.8. The molecule has 16 heteroatoms. The summed E-state index contributed by atoms with van der Waals surface area (Å²) in [6.07, 6.45) is 30.3. The molecule has 3 rings (SSSR count). The second kappa shape index (κ2) is 32.0. The number of nitrogen functional groups attached to an aromatic ring is 1. The number of fused-ring (bicyclic) bond motifs is 1. The number of carbonyl (C=O) groups is 2. The first-order chi connectivity index (χ1) is 29.7. The van der Waals surface area contributed by atoms with Crippen LogP contribution in [0.5, 0.6) is 0 Å². The van der Waals surface area contributed by atoms with E-state index in [0.717, 1.165) is 38.5 Å². The van der Waals surface area contributed by atoms with Crippen LogP contribution in [-0.2, 0) is 37.4 Å². The van der Waals surface area contributed by atoms with Gasteiger partial charge in [0.1, 0.15) is 36.9 Å². The van der Waals surface area contributed by atoms with Gasteiger partial charge in [0.05, 0.1) is 19.5 Å². The zero-order valence-corrected chi connectivity index (χ0v) is 38.5. The van der Waals surface area contributed by atoms with Crippen LogP contribution in [0, 0.1) is 0 Å². The second-order valence-corrected chi connectivity index (χ2v) is 18.2. The summed E-state index contributed by atoms with van der Waals surface area (Å²) in [5, 5.41) is 10.0. The zero-order valence-electron chi connectivity index (χ0n) is 37.6. The highest BCUT2D eigenvalue weighted by Crippen LogP contribution is 2.48. The number of phosphoric acid groups is 1. The van der Waals surface area contributed by atoms with E-state index in [-0.39, 0.29) is 31.7 Å². The van der Waals surface area contributed by atoms with E-state index in [1.54, 1.807) is 4.57 Å². The number of aliphatic hydroxyl groups excluding tert-OH is 1. The van der Waals surface area contributed by atoms with Crippen molar-refractivity contribution in [3.63, 3.8) is 0 Å². The van der Waals surface area contributed by atoms with Crippen LogP contribution >= 0.6 is 7.82 Å². The summed E-state index contributed by atoms with van der Waals surface area (Å²) in [5.74, 6) is -0.739. The number of anilines is 1. The molecule has 61 heavy (non-hydrogen) atoms. The SMILES string of the molecule is CCCCCCCCCCCCCCCC(=O)OCC(COP(=O)(O)O[C@H]1C[C@H](n2cnc3c(N)ncnc32)O[C@@H]1CO)OC(=O)CCCCCCCCCCCCCCC. The highest BCUT2D eigenvalue weighted by molar-refractivity contribution is 7.47. The van der Waals surface area contributed by atoms with Crippen molar-refractivity contribution >= 4 is 36.7 Å². The van der Waals surface area contributed by atoms with Gasteiger partial charge in [-0.1, -0.05) is 168 Å². The molecular weight excluding hydrogens is 801 g/mol. The lowest BCUT2D eigenvalue weighted by Crippen LogP contribution is -2.30. The molecule has 1 aliphatic rings. The molecule has 350 valence electrons. The lowest BCUT2D eigenvalue weighted by atomic mass is 10.0. The van der Waals surface area contributed by atoms with Crippen LogP contribution in [0.1, 0.15) is 206 Å². The van der Waals surface area contributed by atoms with E-state index in [1.165, 1.54) is 128 Å². The minimum absolute atomic E-state index is 0.0584. The number of ether oxygens (including phenoxy) is 3. The molecular formula is C45H80N5O10P. The van der Waals surface area contributed by atoms with Crippen molar-refractivity contribution in [2.45, 2.75) is 225 Å². The third kappa shape index (κ3) is 22.5. The van der Waals surface area contributed by atoms with Crippen molar-refractivity contribution in [3.8, 4) is 0 Å². The molecule has 0 amide bonds. The predicted octanol–water partition coefficient (Wildman–Crippen LogP) is 10.6. The highest BCUT2D eigenvalue weighted by Gasteiger charge is 2.42. The molecule has 3 heterocycles. The summed E-state index contributed by atoms with van der Waals surface area (Å²) in [5.41, 5.74) is 6.68. The number of nitrogens with zero attached hydrogens (tertiary/aromatic N) is 4. The number of hydrogen-bond acceptors (Lipinski definition) is 13. The maximum atomic E-state index is 13.2. The highest BCUT2D eigenvalue weighted by atomic mass is 31.2. The Labute approximate surface area is 365 Å². The number of nitrogens with two attached hydrogens (primary N) is 1. The molecule has 1 saturated heterocycles. The first kappa shape index (κ1) is 52.7. The quantitative estimate of drug-likeness (QED) is 0.0326. The van der Waals surface area contributed by atoms with Crippen molar-refractivity contribution in [3.05, 3.63) is 12.7 Å². The lowest BCUT2D eigenvalue weighted by Gasteiger charge is -2.22. The van der Waals surface area contributed by atoms with E-state index in [0.29, 0.717) is 24.0 Å². The average molecular weight is 882 g/mol. The fourth-order valence-corrected chi connectivity index (χ4v) is 8.78. The Hall–Kier alpha value is -2.68. The molecule has 2 aromatic rings. The molecule has 0 aromatic carbocycles. The number of imidazole rings is 1. The van der Waals surface area contributed by atoms with Crippen molar-refractivity contribution in [2.24, 2.45) is 0 Å². The third-order valence-electron chi connectivity index (χ3n) is 11.4. The van der Waals surface area contributed by atoms with E-state index in [2.05, 4.69) is 28.8 Å². The van der Waals surface area contributed by atoms with Crippen LogP contribution in [0.3, 0.4) is 0 Å². The lowest BCUT2D eigenvalue weighted by molar-refractivity contribution is -0.161. The molecule has 0 saturated carbocycles. The first-order valence-electron chi connectivity index (χ1n) is 23.9. The van der Waals surface area contributed by atoms with Crippen molar-refractivity contribution in [1.82, 2.24) is 19.5 Å². The smallest absolute Gasteiger partial charge is 0.462 e. The fourth-order valence-electron chi connectivity index (χ4n) is 7.80. The monoisotopic (exact) mass is 882 g/mol. The summed E-state index contributed by atoms with van der Waals surface area (Å²) >= 11 is 0. The third-order valence-corrected chi connectivity index (χ3v) is 12.5. The van der Waals surface area contributed by atoms with Crippen LogP contribution in [0.4, 0.5) is 5.82 Å². The molecule has 1 aliphatic heterocycles. The minimum atomic E-state index is -4.78. The Morgan fingerprint density at radius 3 is 1.75 bits per heavy atom. The van der Waals surface area contributed by atoms with Crippen molar-refractivity contribution in [1.29, 1.82) is 0 Å². The van der Waals surface area contributed by atoms with Gasteiger partial charge in [0, 0.05) is 19.3 Å². The van der Waals surface area contributed by atoms with Crippen molar-refractivity contribution < 1.29 is 47.4 Å². The van der Waals surface area contributed by atoms with E-state index in [9.17, 15) is 24.2 Å². The Morgan fingerprint density at radius 2 is 1.25 bits per heavy atom. The topological polar surface area (TPSA) is 207 Å². The number of phosphoric ester groups is 1. The Balaban J connectivity index is 1.41. The molecule has 0 bridgehead atoms. The average Bonchev–Trinajstić information content (AvgIpc) is 3.86. The summed E-state index contributed by atoms with van der Waals surface area (Å²) < 4.78 is 42.7. The standard InChI is InChI=1S/C45H80N5O10P/c1-3-5-7-9-11-13-15-17-19-21-23-25-27-29-41(52)56-33-37(58-42(53)30-28-26-24-22-20-18-16-14-12-10-8-6-4-2)34-57-61(54,55)60-38-31-40(59-39(38)32-51)50-36-49-43-44(46)47-35-48-45(43)50/h35-40,51H,3-34H2,1-2H3,(H,54,55)(H2,46,47,48)/t37?,38-,39+,40+/m0/s1. The van der Waals surface area contributed by atoms with Gasteiger partial charge in [-0.15, -0.1) is 0 Å². The van der Waals surface area contributed by atoms with Gasteiger partial charge in [-0.3, -0.25) is 23.2 Å². The number of carbonyl (C=O) groups excluding carboxylic acids is 2. The molecule has 2 aromatic heterocycles. The van der Waals surface area contributed by atoms with Gasteiger partial charge < -0.3 is 29.9 Å². The van der Waals surface area contributed by atoms with Gasteiger partial charge >= 0.3 is 19.8 Å². The largest absolute Gasteiger partial charge is 0.472 e. The van der Waals surface area contributed by atoms with Gasteiger partial charge in [-0.25, -0.2) is 19.5 Å². The molecule has 0 radical (unpaired) electrons. The molecule has 4 N–H and O–H groups in total. The van der Waals surface area contributed by atoms with E-state index >= 15 is 0 Å². The van der Waals surface area contributed by atoms with Crippen molar-refractivity contribution in [2.75, 3.05) is 25.6 Å². The van der Waals surface area contributed by atoms with Gasteiger partial charge in [0.15, 0.2) is 17.6 Å². The number of rotatable bonds is 38. The minimum Gasteiger partial charge on any atom is -0.462 e. The van der Waals surface area contributed by atoms with Crippen LogP contribution in [0.25, 0.3) is 11.2 Å². The van der Waals surface area contributed by atoms with Gasteiger partial charge in [0.25, 0.3) is 0 Å². The Bertz CT molecular complexity index is 1520. The number of hydrogen-bond donors (Lipinski definition) is 3. The fraction of sp³-hybridized carbons (Fsp3) is 0.844. The molecule has 0 spiro atoms. The van der Waals surface area contributed by atoms with Gasteiger partial charge in [0.2, 0.25) is 0 Å². The molecule has 1 fully saturated rings. The summed E-state index contributed by atoms with van der Waals surface area (Å²) in [6.45, 7) is 3.11. The number of aromatic nitrogens is 4. The second-order valence-electron chi connectivity index (χ2n) is 16.8. The molecule has 15 nitrogen and oxygen atoms in total. The summed E-state index contributed by atoms with van der Waals surface area (Å²) in [6, 6.07) is 0. The maximum absolute atomic E-state index is 13.2. The number of unbranched alkanes of at least 4 members (excludes halogenated alkanes) is 24. The predicted molar refractivity (Wildman–Crippen MR) is 237 cm³/mol. The number of esters is 2. The van der Waals surface area contributed by atoms with Crippen LogP contribution in [0.2, 0.25) is 0 Å². The van der Waals surface area contributed by atoms with Gasteiger partial charge in [-0.05, 0) is 12.8 Å². The van der Waals surface area contributed by atoms with Crippen LogP contribution in [-0.4, -0.2) is 79.6 Å².